The highest BCUT2D eigenvalue weighted by Gasteiger charge is 2.20. The van der Waals surface area contributed by atoms with Gasteiger partial charge in [0.15, 0.2) is 0 Å². The van der Waals surface area contributed by atoms with E-state index >= 15 is 0 Å². The van der Waals surface area contributed by atoms with Gasteiger partial charge in [0.1, 0.15) is 5.82 Å². The zero-order valence-corrected chi connectivity index (χ0v) is 11.9. The van der Waals surface area contributed by atoms with Gasteiger partial charge < -0.3 is 0 Å². The van der Waals surface area contributed by atoms with Crippen LogP contribution in [0.5, 0.6) is 0 Å². The second-order valence-corrected chi connectivity index (χ2v) is 5.56. The number of rotatable bonds is 2. The van der Waals surface area contributed by atoms with E-state index in [2.05, 4.69) is 0 Å². The molecule has 0 amide bonds. The lowest BCUT2D eigenvalue weighted by atomic mass is 9.98. The maximum Gasteiger partial charge on any atom is 0.205 e. The van der Waals surface area contributed by atoms with Crippen molar-refractivity contribution in [1.82, 2.24) is 0 Å². The van der Waals surface area contributed by atoms with E-state index in [-0.39, 0.29) is 11.6 Å². The summed E-state index contributed by atoms with van der Waals surface area (Å²) in [5.41, 5.74) is 2.71. The van der Waals surface area contributed by atoms with Gasteiger partial charge in [0.2, 0.25) is 5.78 Å². The Morgan fingerprint density at radius 2 is 1.72 bits per heavy atom. The molecule has 2 aromatic rings. The minimum absolute atomic E-state index is 0.131. The van der Waals surface area contributed by atoms with Crippen LogP contribution in [-0.2, 0) is 0 Å². The SMILES string of the molecule is Cc1csc(C(=O)c2c(C)cc(F)cc2C)c1Cl. The van der Waals surface area contributed by atoms with E-state index < -0.39 is 0 Å². The summed E-state index contributed by atoms with van der Waals surface area (Å²) < 4.78 is 13.2. The van der Waals surface area contributed by atoms with Gasteiger partial charge in [-0.1, -0.05) is 11.6 Å². The number of carbonyl (C=O) groups excluding carboxylic acids is 1. The molecule has 0 unspecified atom stereocenters. The zero-order chi connectivity index (χ0) is 13.4. The van der Waals surface area contributed by atoms with E-state index in [0.29, 0.717) is 26.6 Å². The van der Waals surface area contributed by atoms with Crippen LogP contribution in [0.25, 0.3) is 0 Å². The van der Waals surface area contributed by atoms with E-state index in [0.717, 1.165) is 5.56 Å². The Kier molecular flexibility index (Phi) is 3.55. The number of thiophene rings is 1. The van der Waals surface area contributed by atoms with E-state index in [1.165, 1.54) is 23.5 Å². The molecule has 0 fully saturated rings. The van der Waals surface area contributed by atoms with Gasteiger partial charge in [-0.3, -0.25) is 4.79 Å². The quantitative estimate of drug-likeness (QED) is 0.730. The van der Waals surface area contributed by atoms with Crippen LogP contribution in [0, 0.1) is 26.6 Å². The van der Waals surface area contributed by atoms with Crippen molar-refractivity contribution in [2.75, 3.05) is 0 Å². The second-order valence-electron chi connectivity index (χ2n) is 4.31. The molecule has 18 heavy (non-hydrogen) atoms. The van der Waals surface area contributed by atoms with Gasteiger partial charge in [-0.15, -0.1) is 11.3 Å². The van der Waals surface area contributed by atoms with Gasteiger partial charge in [0.05, 0.1) is 9.90 Å². The average Bonchev–Trinajstić information content (AvgIpc) is 2.58. The predicted octanol–water partition coefficient (Wildman–Crippen LogP) is 4.70. The summed E-state index contributed by atoms with van der Waals surface area (Å²) in [6, 6.07) is 2.74. The molecule has 0 saturated carbocycles. The van der Waals surface area contributed by atoms with Crippen LogP contribution >= 0.6 is 22.9 Å². The van der Waals surface area contributed by atoms with Crippen molar-refractivity contribution in [2.24, 2.45) is 0 Å². The molecule has 0 aliphatic rings. The van der Waals surface area contributed by atoms with Crippen LogP contribution in [0.2, 0.25) is 5.02 Å². The third-order valence-electron chi connectivity index (χ3n) is 2.83. The lowest BCUT2D eigenvalue weighted by Crippen LogP contribution is -2.06. The van der Waals surface area contributed by atoms with Gasteiger partial charge in [-0.2, -0.15) is 0 Å². The molecule has 0 radical (unpaired) electrons. The monoisotopic (exact) mass is 282 g/mol. The molecule has 0 atom stereocenters. The van der Waals surface area contributed by atoms with Crippen molar-refractivity contribution in [3.63, 3.8) is 0 Å². The molecule has 0 bridgehead atoms. The van der Waals surface area contributed by atoms with Crippen molar-refractivity contribution in [3.05, 3.63) is 55.5 Å². The summed E-state index contributed by atoms with van der Waals surface area (Å²) in [5, 5.41) is 2.34. The summed E-state index contributed by atoms with van der Waals surface area (Å²) in [6.07, 6.45) is 0. The van der Waals surface area contributed by atoms with Gasteiger partial charge in [-0.05, 0) is 55.0 Å². The van der Waals surface area contributed by atoms with Gasteiger partial charge in [-0.25, -0.2) is 4.39 Å². The molecule has 0 N–H and O–H groups in total. The van der Waals surface area contributed by atoms with Crippen LogP contribution in [-0.4, -0.2) is 5.78 Å². The maximum absolute atomic E-state index is 13.2. The Morgan fingerprint density at radius 3 is 2.17 bits per heavy atom. The topological polar surface area (TPSA) is 17.1 Å². The highest BCUT2D eigenvalue weighted by atomic mass is 35.5. The van der Waals surface area contributed by atoms with Crippen LogP contribution in [0.3, 0.4) is 0 Å². The first-order valence-electron chi connectivity index (χ1n) is 5.47. The number of halogens is 2. The van der Waals surface area contributed by atoms with Crippen molar-refractivity contribution < 1.29 is 9.18 Å². The summed E-state index contributed by atoms with van der Waals surface area (Å²) >= 11 is 7.43. The number of ketones is 1. The first kappa shape index (κ1) is 13.2. The Bertz CT molecular complexity index is 608. The van der Waals surface area contributed by atoms with Crippen molar-refractivity contribution >= 4 is 28.7 Å². The molecule has 94 valence electrons. The number of hydrogen-bond donors (Lipinski definition) is 0. The van der Waals surface area contributed by atoms with Crippen molar-refractivity contribution in [3.8, 4) is 0 Å². The first-order chi connectivity index (χ1) is 8.41. The second kappa shape index (κ2) is 4.82. The molecule has 4 heteroatoms. The van der Waals surface area contributed by atoms with Gasteiger partial charge in [0, 0.05) is 5.56 Å². The molecule has 0 aliphatic carbocycles. The van der Waals surface area contributed by atoms with Gasteiger partial charge >= 0.3 is 0 Å². The summed E-state index contributed by atoms with van der Waals surface area (Å²) in [7, 11) is 0. The highest BCUT2D eigenvalue weighted by molar-refractivity contribution is 7.13. The summed E-state index contributed by atoms with van der Waals surface area (Å²) in [5.74, 6) is -0.455. The zero-order valence-electron chi connectivity index (χ0n) is 10.3. The van der Waals surface area contributed by atoms with Crippen LogP contribution in [0.4, 0.5) is 4.39 Å². The lowest BCUT2D eigenvalue weighted by molar-refractivity contribution is 0.104. The van der Waals surface area contributed by atoms with E-state index in [1.807, 2.05) is 12.3 Å². The molecule has 1 aromatic carbocycles. The van der Waals surface area contributed by atoms with E-state index in [4.69, 9.17) is 11.6 Å². The summed E-state index contributed by atoms with van der Waals surface area (Å²) in [4.78, 5) is 13.0. The smallest absolute Gasteiger partial charge is 0.205 e. The number of hydrogen-bond acceptors (Lipinski definition) is 2. The minimum atomic E-state index is -0.324. The standard InChI is InChI=1S/C14H12ClFOS/c1-7-4-10(16)5-8(2)11(7)13(17)14-12(15)9(3)6-18-14/h4-6H,1-3H3. The Balaban J connectivity index is 2.57. The fraction of sp³-hybridized carbons (Fsp3) is 0.214. The molecule has 1 aromatic heterocycles. The molecule has 0 aliphatic heterocycles. The average molecular weight is 283 g/mol. The molecule has 0 spiro atoms. The molecule has 2 rings (SSSR count). The van der Waals surface area contributed by atoms with Gasteiger partial charge in [0.25, 0.3) is 0 Å². The highest BCUT2D eigenvalue weighted by Crippen LogP contribution is 2.31. The first-order valence-corrected chi connectivity index (χ1v) is 6.72. The molecular weight excluding hydrogens is 271 g/mol. The maximum atomic E-state index is 13.2. The largest absolute Gasteiger partial charge is 0.288 e. The summed E-state index contributed by atoms with van der Waals surface area (Å²) in [6.45, 7) is 5.33. The fourth-order valence-electron chi connectivity index (χ4n) is 1.97. The van der Waals surface area contributed by atoms with Crippen LogP contribution in [0.1, 0.15) is 31.9 Å². The Morgan fingerprint density at radius 1 is 1.17 bits per heavy atom. The number of benzene rings is 1. The lowest BCUT2D eigenvalue weighted by Gasteiger charge is -2.08. The fourth-order valence-corrected chi connectivity index (χ4v) is 3.19. The Labute approximate surface area is 114 Å². The third kappa shape index (κ3) is 2.20. The predicted molar refractivity (Wildman–Crippen MR) is 73.4 cm³/mol. The minimum Gasteiger partial charge on any atom is -0.288 e. The third-order valence-corrected chi connectivity index (χ3v) is 4.53. The molecule has 1 nitrogen and oxygen atoms in total. The normalized spacial score (nSPS) is 10.7. The number of aryl methyl sites for hydroxylation is 3. The van der Waals surface area contributed by atoms with Crippen molar-refractivity contribution in [1.29, 1.82) is 0 Å². The van der Waals surface area contributed by atoms with E-state index in [1.54, 1.807) is 13.8 Å². The molecule has 0 saturated heterocycles. The molecular formula is C14H12ClFOS. The van der Waals surface area contributed by atoms with Crippen LogP contribution < -0.4 is 0 Å². The molecule has 1 heterocycles. The van der Waals surface area contributed by atoms with E-state index in [9.17, 15) is 9.18 Å². The van der Waals surface area contributed by atoms with Crippen molar-refractivity contribution in [2.45, 2.75) is 20.8 Å². The number of carbonyl (C=O) groups is 1. The Hall–Kier alpha value is -1.19. The van der Waals surface area contributed by atoms with Crippen LogP contribution in [0.15, 0.2) is 17.5 Å².